The van der Waals surface area contributed by atoms with Gasteiger partial charge >= 0.3 is 0 Å². The lowest BCUT2D eigenvalue weighted by atomic mass is 10.2. The molecule has 0 saturated carbocycles. The highest BCUT2D eigenvalue weighted by Gasteiger charge is 2.14. The molecule has 0 atom stereocenters. The number of hydrogen-bond donors (Lipinski definition) is 2. The van der Waals surface area contributed by atoms with E-state index < -0.39 is 0 Å². The topological polar surface area (TPSA) is 79.9 Å². The number of H-pyrrole nitrogens is 1. The number of amides is 1. The average Bonchev–Trinajstić information content (AvgIpc) is 3.11. The van der Waals surface area contributed by atoms with Crippen LogP contribution in [0.2, 0.25) is 0 Å². The summed E-state index contributed by atoms with van der Waals surface area (Å²) in [6, 6.07) is 14.2. The monoisotopic (exact) mass is 310 g/mol. The lowest BCUT2D eigenvalue weighted by molar-refractivity contribution is 0.102. The molecule has 2 N–H and O–H groups in total. The van der Waals surface area contributed by atoms with Crippen molar-refractivity contribution < 1.29 is 9.53 Å². The molecule has 0 radical (unpaired) electrons. The molecule has 1 aromatic carbocycles. The van der Waals surface area contributed by atoms with Gasteiger partial charge in [-0.1, -0.05) is 32.0 Å². The van der Waals surface area contributed by atoms with Gasteiger partial charge < -0.3 is 10.1 Å². The maximum Gasteiger partial charge on any atom is 0.262 e. The molecule has 0 aliphatic rings. The van der Waals surface area contributed by atoms with Crippen molar-refractivity contribution in [2.24, 2.45) is 0 Å². The van der Waals surface area contributed by atoms with Gasteiger partial charge in [0.15, 0.2) is 0 Å². The molecule has 0 aliphatic carbocycles. The van der Waals surface area contributed by atoms with Crippen LogP contribution in [0, 0.1) is 0 Å². The molecule has 0 saturated heterocycles. The largest absolute Gasteiger partial charge is 0.438 e. The van der Waals surface area contributed by atoms with E-state index in [1.54, 1.807) is 42.7 Å². The Labute approximate surface area is 134 Å². The Morgan fingerprint density at radius 1 is 1.04 bits per heavy atom. The molecule has 6 heteroatoms. The van der Waals surface area contributed by atoms with Crippen molar-refractivity contribution in [3.63, 3.8) is 0 Å². The zero-order chi connectivity index (χ0) is 16.5. The maximum atomic E-state index is 12.2. The molecule has 6 nitrogen and oxygen atoms in total. The second kappa shape index (κ2) is 8.33. The van der Waals surface area contributed by atoms with Crippen LogP contribution in [0.25, 0.3) is 0 Å². The number of aromatic nitrogens is 3. The molecule has 2 aromatic heterocycles. The van der Waals surface area contributed by atoms with Gasteiger partial charge in [-0.3, -0.25) is 9.89 Å². The number of ether oxygens (including phenoxy) is 1. The molecule has 0 spiro atoms. The van der Waals surface area contributed by atoms with Crippen molar-refractivity contribution in [1.29, 1.82) is 0 Å². The van der Waals surface area contributed by atoms with Gasteiger partial charge in [0.2, 0.25) is 5.88 Å². The van der Waals surface area contributed by atoms with E-state index in [1.807, 2.05) is 32.0 Å². The van der Waals surface area contributed by atoms with Crippen LogP contribution in [-0.2, 0) is 0 Å². The summed E-state index contributed by atoms with van der Waals surface area (Å²) in [7, 11) is 0. The van der Waals surface area contributed by atoms with E-state index in [9.17, 15) is 4.79 Å². The van der Waals surface area contributed by atoms with Crippen molar-refractivity contribution in [1.82, 2.24) is 15.2 Å². The highest BCUT2D eigenvalue weighted by molar-refractivity contribution is 6.05. The van der Waals surface area contributed by atoms with Gasteiger partial charge in [0.05, 0.1) is 6.20 Å². The standard InChI is InChI=1S/C15H12N4O2.C2H6/c20-14(18-13-8-10-17-19-13)12-7-4-9-16-15(12)21-11-5-2-1-3-6-11;1-2/h1-10H,(H2,17,18,19,20);1-2H3. The Morgan fingerprint density at radius 3 is 2.52 bits per heavy atom. The quantitative estimate of drug-likeness (QED) is 0.766. The smallest absolute Gasteiger partial charge is 0.262 e. The Morgan fingerprint density at radius 2 is 1.83 bits per heavy atom. The highest BCUT2D eigenvalue weighted by Crippen LogP contribution is 2.23. The van der Waals surface area contributed by atoms with Crippen LogP contribution in [0.3, 0.4) is 0 Å². The van der Waals surface area contributed by atoms with Gasteiger partial charge in [-0.25, -0.2) is 4.98 Å². The van der Waals surface area contributed by atoms with Crippen molar-refractivity contribution in [2.75, 3.05) is 5.32 Å². The van der Waals surface area contributed by atoms with Crippen LogP contribution >= 0.6 is 0 Å². The van der Waals surface area contributed by atoms with Gasteiger partial charge in [-0.2, -0.15) is 5.10 Å². The number of aromatic amines is 1. The summed E-state index contributed by atoms with van der Waals surface area (Å²) in [5, 5.41) is 9.12. The molecular weight excluding hydrogens is 292 g/mol. The van der Waals surface area contributed by atoms with Crippen molar-refractivity contribution >= 4 is 11.7 Å². The van der Waals surface area contributed by atoms with E-state index in [0.29, 0.717) is 17.1 Å². The predicted octanol–water partition coefficient (Wildman–Crippen LogP) is 3.88. The van der Waals surface area contributed by atoms with Crippen molar-refractivity contribution in [3.05, 3.63) is 66.5 Å². The summed E-state index contributed by atoms with van der Waals surface area (Å²) in [6.45, 7) is 4.00. The third-order valence-electron chi connectivity index (χ3n) is 2.72. The minimum atomic E-state index is -0.321. The number of nitrogens with zero attached hydrogens (tertiary/aromatic N) is 2. The maximum absolute atomic E-state index is 12.2. The molecule has 1 amide bonds. The predicted molar refractivity (Wildman–Crippen MR) is 88.6 cm³/mol. The number of rotatable bonds is 4. The highest BCUT2D eigenvalue weighted by atomic mass is 16.5. The average molecular weight is 310 g/mol. The van der Waals surface area contributed by atoms with E-state index in [-0.39, 0.29) is 11.8 Å². The molecular formula is C17H18N4O2. The molecule has 0 aliphatic heterocycles. The van der Waals surface area contributed by atoms with Gasteiger partial charge in [0.25, 0.3) is 5.91 Å². The molecule has 3 rings (SSSR count). The Hall–Kier alpha value is -3.15. The fourth-order valence-corrected chi connectivity index (χ4v) is 1.76. The zero-order valence-electron chi connectivity index (χ0n) is 13.0. The van der Waals surface area contributed by atoms with Crippen LogP contribution < -0.4 is 10.1 Å². The fraction of sp³-hybridized carbons (Fsp3) is 0.118. The summed E-state index contributed by atoms with van der Waals surface area (Å²) in [6.07, 6.45) is 3.13. The second-order valence-electron chi connectivity index (χ2n) is 4.20. The third kappa shape index (κ3) is 4.41. The first-order valence-electron chi connectivity index (χ1n) is 7.31. The van der Waals surface area contributed by atoms with Crippen LogP contribution in [0.15, 0.2) is 60.9 Å². The third-order valence-corrected chi connectivity index (χ3v) is 2.72. The van der Waals surface area contributed by atoms with Crippen LogP contribution in [0.4, 0.5) is 5.82 Å². The lowest BCUT2D eigenvalue weighted by Gasteiger charge is -2.09. The summed E-state index contributed by atoms with van der Waals surface area (Å²) in [5.41, 5.74) is 0.343. The zero-order valence-corrected chi connectivity index (χ0v) is 13.0. The first kappa shape index (κ1) is 16.2. The van der Waals surface area contributed by atoms with Gasteiger partial charge in [0.1, 0.15) is 17.1 Å². The molecule has 0 fully saturated rings. The summed E-state index contributed by atoms with van der Waals surface area (Å²) < 4.78 is 5.65. The molecule has 2 heterocycles. The summed E-state index contributed by atoms with van der Waals surface area (Å²) in [4.78, 5) is 16.4. The number of nitrogens with one attached hydrogen (secondary N) is 2. The Bertz CT molecular complexity index is 727. The van der Waals surface area contributed by atoms with Gasteiger partial charge in [-0.15, -0.1) is 0 Å². The number of hydrogen-bond acceptors (Lipinski definition) is 4. The molecule has 118 valence electrons. The normalized spacial score (nSPS) is 9.48. The molecule has 0 bridgehead atoms. The summed E-state index contributed by atoms with van der Waals surface area (Å²) >= 11 is 0. The fourth-order valence-electron chi connectivity index (χ4n) is 1.76. The first-order chi connectivity index (χ1) is 11.3. The molecule has 3 aromatic rings. The SMILES string of the molecule is CC.O=C(Nc1ccn[nH]1)c1cccnc1Oc1ccccc1. The van der Waals surface area contributed by atoms with E-state index in [2.05, 4.69) is 20.5 Å². The minimum Gasteiger partial charge on any atom is -0.438 e. The van der Waals surface area contributed by atoms with E-state index in [0.717, 1.165) is 0 Å². The van der Waals surface area contributed by atoms with Crippen LogP contribution in [0.1, 0.15) is 24.2 Å². The number of anilines is 1. The van der Waals surface area contributed by atoms with Crippen LogP contribution in [-0.4, -0.2) is 21.1 Å². The molecule has 0 unspecified atom stereocenters. The number of para-hydroxylation sites is 1. The second-order valence-corrected chi connectivity index (χ2v) is 4.20. The number of pyridine rings is 1. The lowest BCUT2D eigenvalue weighted by Crippen LogP contribution is -2.13. The number of benzene rings is 1. The van der Waals surface area contributed by atoms with Crippen molar-refractivity contribution in [2.45, 2.75) is 13.8 Å². The Balaban J connectivity index is 0.000000924. The first-order valence-corrected chi connectivity index (χ1v) is 7.31. The number of carbonyl (C=O) groups is 1. The van der Waals surface area contributed by atoms with Crippen molar-refractivity contribution in [3.8, 4) is 11.6 Å². The van der Waals surface area contributed by atoms with E-state index in [4.69, 9.17) is 4.74 Å². The van der Waals surface area contributed by atoms with E-state index >= 15 is 0 Å². The van der Waals surface area contributed by atoms with Gasteiger partial charge in [0, 0.05) is 12.3 Å². The number of carbonyl (C=O) groups excluding carboxylic acids is 1. The van der Waals surface area contributed by atoms with Crippen LogP contribution in [0.5, 0.6) is 11.6 Å². The minimum absolute atomic E-state index is 0.251. The molecule has 23 heavy (non-hydrogen) atoms. The van der Waals surface area contributed by atoms with Gasteiger partial charge in [-0.05, 0) is 24.3 Å². The van der Waals surface area contributed by atoms with E-state index in [1.165, 1.54) is 0 Å². The Kier molecular flexibility index (Phi) is 5.88. The summed E-state index contributed by atoms with van der Waals surface area (Å²) in [5.74, 6) is 1.06.